The van der Waals surface area contributed by atoms with Gasteiger partial charge in [-0.1, -0.05) is 0 Å². The van der Waals surface area contributed by atoms with E-state index in [9.17, 15) is 4.79 Å². The van der Waals surface area contributed by atoms with Crippen LogP contribution in [0.2, 0.25) is 0 Å². The minimum absolute atomic E-state index is 0.189. The number of nitrogens with one attached hydrogen (secondary N) is 1. The third kappa shape index (κ3) is 4.18. The Balaban J connectivity index is 2.26. The highest BCUT2D eigenvalue weighted by Gasteiger charge is 2.22. The van der Waals surface area contributed by atoms with Crippen LogP contribution >= 0.6 is 0 Å². The van der Waals surface area contributed by atoms with Gasteiger partial charge in [0.25, 0.3) is 0 Å². The van der Waals surface area contributed by atoms with Gasteiger partial charge in [-0.15, -0.1) is 0 Å². The number of rotatable bonds is 4. The zero-order chi connectivity index (χ0) is 11.3. The fourth-order valence-corrected chi connectivity index (χ4v) is 2.10. The summed E-state index contributed by atoms with van der Waals surface area (Å²) in [6, 6.07) is 0.381. The van der Waals surface area contributed by atoms with Gasteiger partial charge < -0.3 is 15.0 Å². The Bertz CT molecular complexity index is 209. The Kier molecular flexibility index (Phi) is 5.05. The summed E-state index contributed by atoms with van der Waals surface area (Å²) in [6.07, 6.45) is 2.51. The summed E-state index contributed by atoms with van der Waals surface area (Å²) in [5.74, 6) is 0.458. The number of nitrogens with zero attached hydrogens (tertiary/aromatic N) is 1. The maximum absolute atomic E-state index is 11.0. The highest BCUT2D eigenvalue weighted by Crippen LogP contribution is 2.18. The van der Waals surface area contributed by atoms with Gasteiger partial charge in [0.15, 0.2) is 0 Å². The fourth-order valence-electron chi connectivity index (χ4n) is 2.10. The molecule has 0 amide bonds. The Morgan fingerprint density at radius 3 is 3.00 bits per heavy atom. The Hall–Kier alpha value is -0.610. The van der Waals surface area contributed by atoms with Crippen LogP contribution in [-0.4, -0.2) is 50.7 Å². The Morgan fingerprint density at radius 2 is 2.40 bits per heavy atom. The van der Waals surface area contributed by atoms with Gasteiger partial charge in [-0.3, -0.25) is 4.79 Å². The molecule has 4 nitrogen and oxygen atoms in total. The van der Waals surface area contributed by atoms with Crippen molar-refractivity contribution in [3.63, 3.8) is 0 Å². The normalized spacial score (nSPS) is 24.9. The van der Waals surface area contributed by atoms with Gasteiger partial charge in [0, 0.05) is 12.6 Å². The molecule has 0 aliphatic carbocycles. The summed E-state index contributed by atoms with van der Waals surface area (Å²) in [5, 5.41) is 3.22. The van der Waals surface area contributed by atoms with Gasteiger partial charge >= 0.3 is 5.97 Å². The second kappa shape index (κ2) is 6.08. The summed E-state index contributed by atoms with van der Waals surface area (Å²) >= 11 is 0. The quantitative estimate of drug-likeness (QED) is 0.691. The summed E-state index contributed by atoms with van der Waals surface area (Å²) < 4.78 is 4.60. The van der Waals surface area contributed by atoms with Crippen molar-refractivity contribution in [1.82, 2.24) is 10.2 Å². The molecule has 1 N–H and O–H groups in total. The number of methoxy groups -OCH3 is 1. The first-order chi connectivity index (χ1) is 7.13. The predicted octanol–water partition coefficient (Wildman–Crippen LogP) is 0.479. The molecule has 0 spiro atoms. The third-order valence-electron chi connectivity index (χ3n) is 3.16. The smallest absolute Gasteiger partial charge is 0.319 e. The maximum atomic E-state index is 11.0. The molecule has 1 heterocycles. The lowest BCUT2D eigenvalue weighted by molar-refractivity contribution is -0.139. The lowest BCUT2D eigenvalue weighted by Crippen LogP contribution is -2.44. The highest BCUT2D eigenvalue weighted by molar-refractivity contribution is 5.71. The van der Waals surface area contributed by atoms with Crippen molar-refractivity contribution < 1.29 is 9.53 Å². The van der Waals surface area contributed by atoms with E-state index in [0.717, 1.165) is 6.54 Å². The summed E-state index contributed by atoms with van der Waals surface area (Å²) in [7, 11) is 3.57. The van der Waals surface area contributed by atoms with E-state index in [1.165, 1.54) is 26.5 Å². The third-order valence-corrected chi connectivity index (χ3v) is 3.16. The molecule has 1 saturated heterocycles. The van der Waals surface area contributed by atoms with Crippen LogP contribution in [0.25, 0.3) is 0 Å². The minimum Gasteiger partial charge on any atom is -0.468 e. The molecule has 88 valence electrons. The van der Waals surface area contributed by atoms with E-state index in [1.807, 2.05) is 0 Å². The van der Waals surface area contributed by atoms with Gasteiger partial charge in [0.2, 0.25) is 0 Å². The molecule has 0 aromatic carbocycles. The monoisotopic (exact) mass is 214 g/mol. The average molecular weight is 214 g/mol. The van der Waals surface area contributed by atoms with E-state index in [1.54, 1.807) is 0 Å². The van der Waals surface area contributed by atoms with Crippen LogP contribution in [0, 0.1) is 5.92 Å². The van der Waals surface area contributed by atoms with E-state index in [4.69, 9.17) is 0 Å². The first-order valence-corrected chi connectivity index (χ1v) is 5.62. The average Bonchev–Trinajstić information content (AvgIpc) is 2.25. The van der Waals surface area contributed by atoms with E-state index in [2.05, 4.69) is 28.9 Å². The number of piperidine rings is 1. The zero-order valence-electron chi connectivity index (χ0n) is 9.95. The molecular weight excluding hydrogens is 192 g/mol. The first kappa shape index (κ1) is 12.5. The van der Waals surface area contributed by atoms with Crippen LogP contribution in [0.15, 0.2) is 0 Å². The van der Waals surface area contributed by atoms with E-state index >= 15 is 0 Å². The molecule has 1 aliphatic heterocycles. The molecule has 0 saturated carbocycles. The van der Waals surface area contributed by atoms with Crippen LogP contribution in [0.4, 0.5) is 0 Å². The molecule has 0 radical (unpaired) electrons. The Labute approximate surface area is 92.0 Å². The molecule has 0 aromatic rings. The van der Waals surface area contributed by atoms with Crippen molar-refractivity contribution in [3.8, 4) is 0 Å². The van der Waals surface area contributed by atoms with Crippen molar-refractivity contribution >= 4 is 5.97 Å². The van der Waals surface area contributed by atoms with E-state index in [0.29, 0.717) is 18.5 Å². The molecule has 1 aliphatic rings. The van der Waals surface area contributed by atoms with Gasteiger partial charge in [-0.05, 0) is 39.3 Å². The van der Waals surface area contributed by atoms with Crippen LogP contribution in [0.1, 0.15) is 19.8 Å². The standard InChI is InChI=1S/C11H22N2O2/c1-9(12-7-11(14)15-3)10-5-4-6-13(2)8-10/h9-10,12H,4-8H2,1-3H3. The molecular formula is C11H22N2O2. The van der Waals surface area contributed by atoms with Crippen LogP contribution in [-0.2, 0) is 9.53 Å². The second-order valence-corrected chi connectivity index (χ2v) is 4.41. The molecule has 4 heteroatoms. The molecule has 0 bridgehead atoms. The summed E-state index contributed by atoms with van der Waals surface area (Å²) in [4.78, 5) is 13.3. The van der Waals surface area contributed by atoms with Crippen molar-refractivity contribution in [2.75, 3.05) is 33.8 Å². The molecule has 15 heavy (non-hydrogen) atoms. The zero-order valence-corrected chi connectivity index (χ0v) is 9.95. The summed E-state index contributed by atoms with van der Waals surface area (Å²) in [6.45, 7) is 4.78. The van der Waals surface area contributed by atoms with Crippen molar-refractivity contribution in [2.24, 2.45) is 5.92 Å². The van der Waals surface area contributed by atoms with Gasteiger partial charge in [0.05, 0.1) is 13.7 Å². The van der Waals surface area contributed by atoms with Gasteiger partial charge in [0.1, 0.15) is 0 Å². The maximum Gasteiger partial charge on any atom is 0.319 e. The van der Waals surface area contributed by atoms with Crippen LogP contribution < -0.4 is 5.32 Å². The fraction of sp³-hybridized carbons (Fsp3) is 0.909. The van der Waals surface area contributed by atoms with E-state index < -0.39 is 0 Å². The van der Waals surface area contributed by atoms with Crippen molar-refractivity contribution in [1.29, 1.82) is 0 Å². The highest BCUT2D eigenvalue weighted by atomic mass is 16.5. The van der Waals surface area contributed by atoms with Gasteiger partial charge in [-0.25, -0.2) is 0 Å². The number of hydrogen-bond acceptors (Lipinski definition) is 4. The van der Waals surface area contributed by atoms with Gasteiger partial charge in [-0.2, -0.15) is 0 Å². The number of likely N-dealkylation sites (tertiary alicyclic amines) is 1. The number of hydrogen-bond donors (Lipinski definition) is 1. The largest absolute Gasteiger partial charge is 0.468 e. The minimum atomic E-state index is -0.189. The first-order valence-electron chi connectivity index (χ1n) is 5.62. The second-order valence-electron chi connectivity index (χ2n) is 4.41. The summed E-state index contributed by atoms with van der Waals surface area (Å²) in [5.41, 5.74) is 0. The van der Waals surface area contributed by atoms with Crippen LogP contribution in [0.3, 0.4) is 0 Å². The number of ether oxygens (including phenoxy) is 1. The van der Waals surface area contributed by atoms with Crippen molar-refractivity contribution in [3.05, 3.63) is 0 Å². The number of esters is 1. The Morgan fingerprint density at radius 1 is 1.67 bits per heavy atom. The molecule has 2 atom stereocenters. The lowest BCUT2D eigenvalue weighted by Gasteiger charge is -2.33. The number of carbonyl (C=O) groups is 1. The molecule has 0 aromatic heterocycles. The lowest BCUT2D eigenvalue weighted by atomic mass is 9.92. The predicted molar refractivity (Wildman–Crippen MR) is 59.7 cm³/mol. The molecule has 1 rings (SSSR count). The molecule has 2 unspecified atom stereocenters. The van der Waals surface area contributed by atoms with Crippen molar-refractivity contribution in [2.45, 2.75) is 25.8 Å². The SMILES string of the molecule is COC(=O)CNC(C)C1CCCN(C)C1. The number of carbonyl (C=O) groups excluding carboxylic acids is 1. The van der Waals surface area contributed by atoms with Crippen LogP contribution in [0.5, 0.6) is 0 Å². The van der Waals surface area contributed by atoms with E-state index in [-0.39, 0.29) is 5.97 Å². The topological polar surface area (TPSA) is 41.6 Å². The molecule has 1 fully saturated rings.